The number of fused-ring (bicyclic) bond motifs is 1. The molecular weight excluding hydrogens is 529 g/mol. The van der Waals surface area contributed by atoms with Crippen molar-refractivity contribution in [3.8, 4) is 0 Å². The van der Waals surface area contributed by atoms with Crippen LogP contribution in [-0.2, 0) is 26.6 Å². The lowest BCUT2D eigenvalue weighted by Gasteiger charge is -2.33. The van der Waals surface area contributed by atoms with Crippen LogP contribution in [0.4, 0.5) is 5.13 Å². The zero-order valence-corrected chi connectivity index (χ0v) is 22.8. The third-order valence-corrected chi connectivity index (χ3v) is 11.4. The molecule has 0 bridgehead atoms. The van der Waals surface area contributed by atoms with Gasteiger partial charge in [0.25, 0.3) is 0 Å². The second-order valence-corrected chi connectivity index (χ2v) is 13.6. The van der Waals surface area contributed by atoms with Crippen molar-refractivity contribution in [1.82, 2.24) is 13.6 Å². The zero-order valence-electron chi connectivity index (χ0n) is 20.4. The minimum absolute atomic E-state index is 0.0740. The fourth-order valence-corrected chi connectivity index (χ4v) is 8.23. The molecule has 4 aromatic rings. The third-order valence-electron chi connectivity index (χ3n) is 6.45. The Morgan fingerprint density at radius 2 is 1.43 bits per heavy atom. The van der Waals surface area contributed by atoms with Crippen LogP contribution in [0.5, 0.6) is 0 Å². The van der Waals surface area contributed by atoms with Gasteiger partial charge in [0.05, 0.1) is 20.0 Å². The molecule has 0 N–H and O–H groups in total. The van der Waals surface area contributed by atoms with Gasteiger partial charge >= 0.3 is 0 Å². The van der Waals surface area contributed by atoms with Crippen molar-refractivity contribution in [2.45, 2.75) is 23.3 Å². The highest BCUT2D eigenvalue weighted by Crippen LogP contribution is 2.30. The topological polar surface area (TPSA) is 90.9 Å². The lowest BCUT2D eigenvalue weighted by atomic mass is 10.2. The molecule has 194 valence electrons. The maximum atomic E-state index is 13.3. The van der Waals surface area contributed by atoms with E-state index in [9.17, 15) is 16.8 Å². The summed E-state index contributed by atoms with van der Waals surface area (Å²) in [6.45, 7) is 4.08. The quantitative estimate of drug-likeness (QED) is 0.326. The molecule has 37 heavy (non-hydrogen) atoms. The summed E-state index contributed by atoms with van der Waals surface area (Å²) in [5.41, 5.74) is 1.83. The molecule has 0 unspecified atom stereocenters. The van der Waals surface area contributed by atoms with E-state index >= 15 is 0 Å². The Kier molecular flexibility index (Phi) is 7.32. The maximum Gasteiger partial charge on any atom is 0.243 e. The summed E-state index contributed by atoms with van der Waals surface area (Å²) in [7, 11) is -7.52. The van der Waals surface area contributed by atoms with Gasteiger partial charge in [0, 0.05) is 39.3 Å². The van der Waals surface area contributed by atoms with Crippen LogP contribution in [0.25, 0.3) is 10.2 Å². The Labute approximate surface area is 221 Å². The van der Waals surface area contributed by atoms with Gasteiger partial charge in [-0.3, -0.25) is 0 Å². The molecule has 0 atom stereocenters. The van der Waals surface area contributed by atoms with Gasteiger partial charge in [0.1, 0.15) is 0 Å². The molecule has 1 fully saturated rings. The van der Waals surface area contributed by atoms with E-state index in [-0.39, 0.29) is 16.3 Å². The van der Waals surface area contributed by atoms with Gasteiger partial charge < -0.3 is 4.90 Å². The fourth-order valence-electron chi connectivity index (χ4n) is 4.35. The van der Waals surface area contributed by atoms with E-state index in [2.05, 4.69) is 9.88 Å². The summed E-state index contributed by atoms with van der Waals surface area (Å²) in [6, 6.07) is 22.9. The first-order valence-corrected chi connectivity index (χ1v) is 15.7. The molecule has 1 saturated heterocycles. The van der Waals surface area contributed by atoms with Crippen molar-refractivity contribution in [3.05, 3.63) is 84.4 Å². The first kappa shape index (κ1) is 25.8. The normalized spacial score (nSPS) is 15.5. The lowest BCUT2D eigenvalue weighted by molar-refractivity contribution is 0.384. The van der Waals surface area contributed by atoms with E-state index in [1.165, 1.54) is 32.9 Å². The highest BCUT2D eigenvalue weighted by atomic mass is 32.2. The molecule has 0 saturated carbocycles. The Morgan fingerprint density at radius 3 is 2.08 bits per heavy atom. The molecule has 0 spiro atoms. The predicted octanol–water partition coefficient (Wildman–Crippen LogP) is 4.02. The summed E-state index contributed by atoms with van der Waals surface area (Å²) in [6.07, 6.45) is 0. The molecular formula is C26H28N4O4S3. The highest BCUT2D eigenvalue weighted by molar-refractivity contribution is 7.89. The molecule has 0 radical (unpaired) electrons. The monoisotopic (exact) mass is 556 g/mol. The van der Waals surface area contributed by atoms with Crippen molar-refractivity contribution in [2.24, 2.45) is 0 Å². The van der Waals surface area contributed by atoms with E-state index in [0.29, 0.717) is 32.7 Å². The van der Waals surface area contributed by atoms with Gasteiger partial charge in [-0.2, -0.15) is 8.61 Å². The molecule has 11 heteroatoms. The van der Waals surface area contributed by atoms with E-state index < -0.39 is 20.0 Å². The van der Waals surface area contributed by atoms with E-state index in [1.54, 1.807) is 18.3 Å². The number of piperazine rings is 1. The van der Waals surface area contributed by atoms with Crippen LogP contribution in [0.15, 0.2) is 88.7 Å². The first-order chi connectivity index (χ1) is 17.8. The number of rotatable bonds is 8. The molecule has 3 aromatic carbocycles. The zero-order chi connectivity index (χ0) is 26.0. The Bertz CT molecular complexity index is 1550. The maximum absolute atomic E-state index is 13.3. The highest BCUT2D eigenvalue weighted by Gasteiger charge is 2.30. The summed E-state index contributed by atoms with van der Waals surface area (Å²) >= 11 is 1.60. The van der Waals surface area contributed by atoms with Crippen LogP contribution in [-0.4, -0.2) is 63.2 Å². The van der Waals surface area contributed by atoms with Crippen molar-refractivity contribution < 1.29 is 16.8 Å². The predicted molar refractivity (Wildman–Crippen MR) is 147 cm³/mol. The number of para-hydroxylation sites is 1. The average molecular weight is 557 g/mol. The van der Waals surface area contributed by atoms with Gasteiger partial charge in [-0.1, -0.05) is 60.7 Å². The molecule has 0 aliphatic carbocycles. The first-order valence-electron chi connectivity index (χ1n) is 12.0. The summed E-state index contributed by atoms with van der Waals surface area (Å²) in [4.78, 5) is 6.95. The largest absolute Gasteiger partial charge is 0.345 e. The van der Waals surface area contributed by atoms with Gasteiger partial charge in [-0.15, -0.1) is 0 Å². The number of anilines is 1. The van der Waals surface area contributed by atoms with Gasteiger partial charge in [-0.25, -0.2) is 21.8 Å². The molecule has 0 amide bonds. The molecule has 8 nitrogen and oxygen atoms in total. The van der Waals surface area contributed by atoms with Crippen molar-refractivity contribution in [1.29, 1.82) is 0 Å². The van der Waals surface area contributed by atoms with Crippen molar-refractivity contribution in [3.63, 3.8) is 0 Å². The van der Waals surface area contributed by atoms with Crippen molar-refractivity contribution in [2.75, 3.05) is 37.6 Å². The van der Waals surface area contributed by atoms with Gasteiger partial charge in [0.2, 0.25) is 20.0 Å². The molecule has 1 aliphatic rings. The number of hydrogen-bond donors (Lipinski definition) is 0. The number of benzene rings is 3. The second kappa shape index (κ2) is 10.5. The summed E-state index contributed by atoms with van der Waals surface area (Å²) in [5.74, 6) is 0. The number of aromatic nitrogens is 1. The summed E-state index contributed by atoms with van der Waals surface area (Å²) < 4.78 is 57.0. The van der Waals surface area contributed by atoms with Crippen LogP contribution >= 0.6 is 11.3 Å². The van der Waals surface area contributed by atoms with Gasteiger partial charge in [0.15, 0.2) is 5.13 Å². The molecule has 1 aromatic heterocycles. The smallest absolute Gasteiger partial charge is 0.243 e. The minimum atomic E-state index is -3.77. The SMILES string of the molecule is CCN(Cc1ccccc1)S(=O)(=O)c1ccc(S(=O)(=O)N2CCN(c3nc4ccccc4s3)CC2)cc1. The van der Waals surface area contributed by atoms with Crippen LogP contribution < -0.4 is 4.90 Å². The van der Waals surface area contributed by atoms with Crippen LogP contribution in [0.2, 0.25) is 0 Å². The number of thiazole rings is 1. The average Bonchev–Trinajstić information content (AvgIpc) is 3.37. The number of hydrogen-bond acceptors (Lipinski definition) is 7. The Hall–Kier alpha value is -2.83. The van der Waals surface area contributed by atoms with Gasteiger partial charge in [-0.05, 0) is 42.0 Å². The Morgan fingerprint density at radius 1 is 0.811 bits per heavy atom. The molecule has 5 rings (SSSR count). The van der Waals surface area contributed by atoms with E-state index in [0.717, 1.165) is 20.9 Å². The molecule has 1 aliphatic heterocycles. The minimum Gasteiger partial charge on any atom is -0.345 e. The number of sulfonamides is 2. The molecule has 2 heterocycles. The van der Waals surface area contributed by atoms with Crippen LogP contribution in [0.3, 0.4) is 0 Å². The fraction of sp³-hybridized carbons (Fsp3) is 0.269. The van der Waals surface area contributed by atoms with Crippen molar-refractivity contribution >= 4 is 46.7 Å². The third kappa shape index (κ3) is 5.27. The Balaban J connectivity index is 1.28. The second-order valence-electron chi connectivity index (χ2n) is 8.74. The van der Waals surface area contributed by atoms with Crippen LogP contribution in [0.1, 0.15) is 12.5 Å². The van der Waals surface area contributed by atoms with E-state index in [4.69, 9.17) is 0 Å². The number of nitrogens with zero attached hydrogens (tertiary/aromatic N) is 4. The lowest BCUT2D eigenvalue weighted by Crippen LogP contribution is -2.48. The summed E-state index contributed by atoms with van der Waals surface area (Å²) in [5, 5.41) is 0.892. The van der Waals surface area contributed by atoms with Crippen LogP contribution in [0, 0.1) is 0 Å². The van der Waals surface area contributed by atoms with E-state index in [1.807, 2.05) is 54.6 Å². The standard InChI is InChI=1S/C26H28N4O4S3/c1-2-29(20-21-8-4-3-5-9-21)36(31,32)22-12-14-23(15-13-22)37(33,34)30-18-16-28(17-19-30)26-27-24-10-6-7-11-25(24)35-26/h3-15H,2,16-20H2,1H3.